The first-order chi connectivity index (χ1) is 6.20. The maximum Gasteiger partial charge on any atom is 0.321 e. The number of amides is 2. The van der Waals surface area contributed by atoms with E-state index in [2.05, 4.69) is 10.3 Å². The van der Waals surface area contributed by atoms with Crippen molar-refractivity contribution in [3.8, 4) is 0 Å². The summed E-state index contributed by atoms with van der Waals surface area (Å²) in [5, 5.41) is 3.12. The third-order valence-corrected chi connectivity index (χ3v) is 2.00. The molecule has 2 heterocycles. The minimum absolute atomic E-state index is 0.317. The van der Waals surface area contributed by atoms with Gasteiger partial charge in [-0.05, 0) is 6.07 Å². The van der Waals surface area contributed by atoms with Crippen molar-refractivity contribution in [2.75, 3.05) is 10.2 Å². The molecule has 1 radical (unpaired) electrons. The van der Waals surface area contributed by atoms with Gasteiger partial charge in [0.15, 0.2) is 5.15 Å². The predicted molar refractivity (Wildman–Crippen MR) is 49.2 cm³/mol. The second-order valence-corrected chi connectivity index (χ2v) is 2.84. The minimum atomic E-state index is -0.562. The average Bonchev–Trinajstić information content (AvgIpc) is 2.48. The van der Waals surface area contributed by atoms with E-state index in [-0.39, 0.29) is 0 Å². The zero-order valence-corrected chi connectivity index (χ0v) is 7.25. The van der Waals surface area contributed by atoms with Crippen molar-refractivity contribution >= 4 is 29.0 Å². The zero-order valence-electron chi connectivity index (χ0n) is 6.49. The summed E-state index contributed by atoms with van der Waals surface area (Å²) < 4.78 is 0. The molecule has 0 bridgehead atoms. The molecule has 0 saturated carbocycles. The lowest BCUT2D eigenvalue weighted by Gasteiger charge is -2.10. The van der Waals surface area contributed by atoms with Crippen molar-refractivity contribution in [3.05, 3.63) is 24.1 Å². The molecule has 0 unspecified atom stereocenters. The van der Waals surface area contributed by atoms with Crippen LogP contribution in [0.15, 0.2) is 12.3 Å². The highest BCUT2D eigenvalue weighted by atomic mass is 35.5. The number of hydrogen-bond donors (Lipinski definition) is 2. The molecule has 2 amide bonds. The summed E-state index contributed by atoms with van der Waals surface area (Å²) in [7, 11) is 0. The van der Waals surface area contributed by atoms with Gasteiger partial charge in [0, 0.05) is 6.20 Å². The maximum absolute atomic E-state index is 10.9. The summed E-state index contributed by atoms with van der Waals surface area (Å²) in [5.41, 5.74) is 6.33. The van der Waals surface area contributed by atoms with E-state index in [9.17, 15) is 4.79 Å². The van der Waals surface area contributed by atoms with Crippen LogP contribution < -0.4 is 16.0 Å². The fraction of sp³-hybridized carbons (Fsp3) is 0. The van der Waals surface area contributed by atoms with Crippen LogP contribution in [0.2, 0.25) is 5.15 Å². The predicted octanol–water partition coefficient (Wildman–Crippen LogP) is 1.16. The van der Waals surface area contributed by atoms with Gasteiger partial charge < -0.3 is 11.1 Å². The highest BCUT2D eigenvalue weighted by Crippen LogP contribution is 2.36. The number of carbonyl (C=O) groups excluding carboxylic acids is 1. The van der Waals surface area contributed by atoms with Crippen LogP contribution in [0.1, 0.15) is 0 Å². The van der Waals surface area contributed by atoms with Crippen LogP contribution in [-0.4, -0.2) is 11.0 Å². The van der Waals surface area contributed by atoms with Gasteiger partial charge in [-0.3, -0.25) is 4.90 Å². The van der Waals surface area contributed by atoms with Crippen molar-refractivity contribution in [3.63, 3.8) is 0 Å². The molecule has 1 aromatic heterocycles. The number of nitrogens with one attached hydrogen (secondary N) is 1. The Morgan fingerprint density at radius 3 is 3.15 bits per heavy atom. The van der Waals surface area contributed by atoms with Crippen molar-refractivity contribution in [1.82, 2.24) is 4.98 Å². The number of fused-ring (bicyclic) bond motifs is 1. The summed E-state index contributed by atoms with van der Waals surface area (Å²) in [5.74, 6) is 0. The molecule has 6 heteroatoms. The second kappa shape index (κ2) is 2.77. The van der Waals surface area contributed by atoms with E-state index < -0.39 is 6.03 Å². The highest BCUT2D eigenvalue weighted by Gasteiger charge is 2.25. The number of nitrogens with zero attached hydrogens (tertiary/aromatic N) is 2. The molecular formula is C7H6ClN4O. The average molecular weight is 198 g/mol. The number of nitrogens with two attached hydrogens (primary N) is 1. The van der Waals surface area contributed by atoms with Crippen molar-refractivity contribution in [2.45, 2.75) is 0 Å². The second-order valence-electron chi connectivity index (χ2n) is 2.48. The molecule has 0 spiro atoms. The minimum Gasteiger partial charge on any atom is -0.357 e. The molecule has 13 heavy (non-hydrogen) atoms. The summed E-state index contributed by atoms with van der Waals surface area (Å²) in [6.07, 6.45) is 1.51. The van der Waals surface area contributed by atoms with Crippen LogP contribution in [0.3, 0.4) is 0 Å². The standard InChI is InChI=1S/C7H6ClN4O/c8-6-5-4(1-2-10-6)12(3-11-5)7(9)13/h1-3,11H,(H2,9,13). The molecule has 1 aliphatic heterocycles. The Balaban J connectivity index is 2.49. The molecule has 1 aromatic rings. The Hall–Kier alpha value is -1.49. The fourth-order valence-electron chi connectivity index (χ4n) is 1.14. The van der Waals surface area contributed by atoms with E-state index in [0.29, 0.717) is 16.5 Å². The molecule has 1 aliphatic rings. The van der Waals surface area contributed by atoms with Gasteiger partial charge in [-0.1, -0.05) is 11.6 Å². The van der Waals surface area contributed by atoms with Crippen molar-refractivity contribution in [1.29, 1.82) is 0 Å². The number of urea groups is 1. The Bertz CT molecular complexity index is 368. The molecule has 2 rings (SSSR count). The lowest BCUT2D eigenvalue weighted by atomic mass is 10.3. The Labute approximate surface area is 79.5 Å². The van der Waals surface area contributed by atoms with Crippen LogP contribution in [0.5, 0.6) is 0 Å². The lowest BCUT2D eigenvalue weighted by molar-refractivity contribution is 0.255. The van der Waals surface area contributed by atoms with Crippen molar-refractivity contribution < 1.29 is 4.79 Å². The maximum atomic E-state index is 10.9. The first-order valence-corrected chi connectivity index (χ1v) is 3.91. The number of primary amides is 1. The number of rotatable bonds is 0. The molecule has 67 valence electrons. The first-order valence-electron chi connectivity index (χ1n) is 3.53. The largest absolute Gasteiger partial charge is 0.357 e. The van der Waals surface area contributed by atoms with E-state index in [1.54, 1.807) is 6.07 Å². The van der Waals surface area contributed by atoms with Gasteiger partial charge in [0.1, 0.15) is 6.67 Å². The normalized spacial score (nSPS) is 13.8. The van der Waals surface area contributed by atoms with Crippen LogP contribution in [0.25, 0.3) is 0 Å². The summed E-state index contributed by atoms with van der Waals surface area (Å²) in [6, 6.07) is 1.09. The van der Waals surface area contributed by atoms with Gasteiger partial charge >= 0.3 is 6.03 Å². The Morgan fingerprint density at radius 2 is 2.46 bits per heavy atom. The smallest absolute Gasteiger partial charge is 0.321 e. The lowest BCUT2D eigenvalue weighted by Crippen LogP contribution is -2.31. The molecule has 0 fully saturated rings. The van der Waals surface area contributed by atoms with Gasteiger partial charge in [-0.25, -0.2) is 9.78 Å². The third kappa shape index (κ3) is 1.17. The van der Waals surface area contributed by atoms with Crippen LogP contribution in [0.4, 0.5) is 16.2 Å². The van der Waals surface area contributed by atoms with Gasteiger partial charge in [0.2, 0.25) is 0 Å². The highest BCUT2D eigenvalue weighted by molar-refractivity contribution is 6.33. The summed E-state index contributed by atoms with van der Waals surface area (Å²) in [6.45, 7) is 1.44. The van der Waals surface area contributed by atoms with E-state index in [4.69, 9.17) is 17.3 Å². The topological polar surface area (TPSA) is 71.2 Å². The quantitative estimate of drug-likeness (QED) is 0.614. The Morgan fingerprint density at radius 1 is 1.69 bits per heavy atom. The van der Waals surface area contributed by atoms with Crippen LogP contribution in [0, 0.1) is 6.67 Å². The fourth-order valence-corrected chi connectivity index (χ4v) is 1.35. The van der Waals surface area contributed by atoms with Gasteiger partial charge in [-0.15, -0.1) is 0 Å². The molecule has 0 atom stereocenters. The first kappa shape index (κ1) is 8.12. The number of aromatic nitrogens is 1. The molecular weight excluding hydrogens is 192 g/mol. The van der Waals surface area contributed by atoms with E-state index >= 15 is 0 Å². The molecule has 0 saturated heterocycles. The monoisotopic (exact) mass is 197 g/mol. The molecule has 0 aliphatic carbocycles. The van der Waals surface area contributed by atoms with Gasteiger partial charge in [-0.2, -0.15) is 0 Å². The number of halogens is 1. The number of hydrogen-bond acceptors (Lipinski definition) is 3. The molecule has 0 aromatic carbocycles. The van der Waals surface area contributed by atoms with Gasteiger partial charge in [0.25, 0.3) is 0 Å². The van der Waals surface area contributed by atoms with E-state index in [1.165, 1.54) is 17.8 Å². The molecule has 3 N–H and O–H groups in total. The van der Waals surface area contributed by atoms with Gasteiger partial charge in [0.05, 0.1) is 11.4 Å². The van der Waals surface area contributed by atoms with Crippen LogP contribution >= 0.6 is 11.6 Å². The number of pyridine rings is 1. The van der Waals surface area contributed by atoms with Crippen LogP contribution in [-0.2, 0) is 0 Å². The van der Waals surface area contributed by atoms with E-state index in [1.807, 2.05) is 0 Å². The SMILES string of the molecule is NC(=O)N1[CH]Nc2c1ccnc2Cl. The zero-order chi connectivity index (χ0) is 9.42. The molecule has 5 nitrogen and oxygen atoms in total. The van der Waals surface area contributed by atoms with Crippen molar-refractivity contribution in [2.24, 2.45) is 5.73 Å². The Kier molecular flexibility index (Phi) is 1.73. The number of carbonyl (C=O) groups is 1. The van der Waals surface area contributed by atoms with E-state index in [0.717, 1.165) is 0 Å². The third-order valence-electron chi connectivity index (χ3n) is 1.72. The summed E-state index contributed by atoms with van der Waals surface area (Å²) >= 11 is 5.77. The summed E-state index contributed by atoms with van der Waals surface area (Å²) in [4.78, 5) is 16.0. The number of anilines is 2.